The van der Waals surface area contributed by atoms with Crippen LogP contribution in [0, 0.1) is 0 Å². The molecule has 0 bridgehead atoms. The van der Waals surface area contributed by atoms with Gasteiger partial charge in [-0.25, -0.2) is 0 Å². The molecule has 24 heavy (non-hydrogen) atoms. The summed E-state index contributed by atoms with van der Waals surface area (Å²) in [5, 5.41) is 2.56. The summed E-state index contributed by atoms with van der Waals surface area (Å²) in [6.45, 7) is 0. The number of thiol groups is 1. The van der Waals surface area contributed by atoms with E-state index >= 15 is 0 Å². The molecule has 0 aromatic heterocycles. The van der Waals surface area contributed by atoms with E-state index in [0.29, 0.717) is 0 Å². The molecule has 0 atom stereocenters. The molecule has 0 nitrogen and oxygen atoms in total. The van der Waals surface area contributed by atoms with Gasteiger partial charge < -0.3 is 0 Å². The van der Waals surface area contributed by atoms with Crippen LogP contribution in [0.3, 0.4) is 0 Å². The highest BCUT2D eigenvalue weighted by Crippen LogP contribution is 2.50. The Morgan fingerprint density at radius 3 is 1.88 bits per heavy atom. The third-order valence-corrected chi connectivity index (χ3v) is 5.46. The molecule has 5 rings (SSSR count). The minimum Gasteiger partial charge on any atom is -0.143 e. The van der Waals surface area contributed by atoms with E-state index in [1.165, 1.54) is 38.6 Å². The van der Waals surface area contributed by atoms with Crippen molar-refractivity contribution in [3.63, 3.8) is 0 Å². The monoisotopic (exact) mass is 324 g/mol. The Kier molecular flexibility index (Phi) is 3.04. The molecule has 0 spiro atoms. The van der Waals surface area contributed by atoms with Crippen LogP contribution in [0.15, 0.2) is 89.8 Å². The minimum atomic E-state index is 0.246. The highest BCUT2D eigenvalue weighted by molar-refractivity contribution is 7.80. The van der Waals surface area contributed by atoms with Crippen LogP contribution in [0.2, 0.25) is 0 Å². The van der Waals surface area contributed by atoms with Crippen molar-refractivity contribution in [3.8, 4) is 11.1 Å². The van der Waals surface area contributed by atoms with Crippen molar-refractivity contribution < 1.29 is 0 Å². The van der Waals surface area contributed by atoms with Gasteiger partial charge in [0.1, 0.15) is 0 Å². The van der Waals surface area contributed by atoms with Gasteiger partial charge in [0.05, 0.1) is 0 Å². The summed E-state index contributed by atoms with van der Waals surface area (Å²) >= 11 is 4.83. The molecule has 0 aliphatic heterocycles. The van der Waals surface area contributed by atoms with Gasteiger partial charge in [0.25, 0.3) is 0 Å². The third kappa shape index (κ3) is 1.88. The van der Waals surface area contributed by atoms with Crippen LogP contribution in [0.4, 0.5) is 0 Å². The summed E-state index contributed by atoms with van der Waals surface area (Å²) in [7, 11) is 0. The summed E-state index contributed by atoms with van der Waals surface area (Å²) in [6, 6.07) is 30.4. The normalized spacial score (nSPS) is 13.0. The molecule has 1 aliphatic rings. The standard InChI is InChI=1S/C23H16S/c24-21-14-13-15-7-1-2-8-16(15)23(21)22-19-11-5-3-9-17(19)18-10-4-6-12-20(18)22/h1-14,22,24H. The van der Waals surface area contributed by atoms with Crippen LogP contribution in [-0.4, -0.2) is 0 Å². The lowest BCUT2D eigenvalue weighted by molar-refractivity contribution is 0.994. The van der Waals surface area contributed by atoms with E-state index in [2.05, 4.69) is 84.9 Å². The average molecular weight is 324 g/mol. The van der Waals surface area contributed by atoms with Crippen LogP contribution in [0.5, 0.6) is 0 Å². The van der Waals surface area contributed by atoms with E-state index in [9.17, 15) is 0 Å². The highest BCUT2D eigenvalue weighted by atomic mass is 32.1. The second-order valence-electron chi connectivity index (χ2n) is 6.33. The maximum atomic E-state index is 4.83. The Hall–Kier alpha value is -2.51. The lowest BCUT2D eigenvalue weighted by Gasteiger charge is -2.19. The Labute approximate surface area is 147 Å². The van der Waals surface area contributed by atoms with Crippen molar-refractivity contribution in [1.29, 1.82) is 0 Å². The maximum Gasteiger partial charge on any atom is 0.0369 e. The zero-order chi connectivity index (χ0) is 16.1. The summed E-state index contributed by atoms with van der Waals surface area (Å²) in [5.74, 6) is 0.246. The molecule has 0 amide bonds. The fourth-order valence-corrected chi connectivity index (χ4v) is 4.38. The molecule has 1 aliphatic carbocycles. The molecule has 4 aromatic rings. The van der Waals surface area contributed by atoms with E-state index in [-0.39, 0.29) is 5.92 Å². The van der Waals surface area contributed by atoms with Crippen molar-refractivity contribution in [2.75, 3.05) is 0 Å². The van der Waals surface area contributed by atoms with Crippen molar-refractivity contribution in [2.45, 2.75) is 10.8 Å². The smallest absolute Gasteiger partial charge is 0.0369 e. The quantitative estimate of drug-likeness (QED) is 0.344. The molecular weight excluding hydrogens is 308 g/mol. The number of hydrogen-bond donors (Lipinski definition) is 1. The van der Waals surface area contributed by atoms with Crippen LogP contribution in [0.25, 0.3) is 21.9 Å². The topological polar surface area (TPSA) is 0 Å². The first-order chi connectivity index (χ1) is 11.8. The van der Waals surface area contributed by atoms with Crippen molar-refractivity contribution in [3.05, 3.63) is 102 Å². The van der Waals surface area contributed by atoms with Crippen molar-refractivity contribution in [1.82, 2.24) is 0 Å². The zero-order valence-corrected chi connectivity index (χ0v) is 14.0. The van der Waals surface area contributed by atoms with Gasteiger partial charge in [0.15, 0.2) is 0 Å². The van der Waals surface area contributed by atoms with E-state index in [0.717, 1.165) is 4.90 Å². The second kappa shape index (κ2) is 5.25. The van der Waals surface area contributed by atoms with Gasteiger partial charge in [0.2, 0.25) is 0 Å². The summed E-state index contributed by atoms with van der Waals surface area (Å²) in [5.41, 5.74) is 6.77. The summed E-state index contributed by atoms with van der Waals surface area (Å²) in [6.07, 6.45) is 0. The third-order valence-electron chi connectivity index (χ3n) is 5.07. The van der Waals surface area contributed by atoms with E-state index in [4.69, 9.17) is 12.6 Å². The maximum absolute atomic E-state index is 4.83. The number of hydrogen-bond acceptors (Lipinski definition) is 1. The molecule has 0 unspecified atom stereocenters. The first kappa shape index (κ1) is 13.9. The molecule has 0 saturated heterocycles. The predicted octanol–water partition coefficient (Wildman–Crippen LogP) is 6.29. The summed E-state index contributed by atoms with van der Waals surface area (Å²) in [4.78, 5) is 1.06. The lowest BCUT2D eigenvalue weighted by Crippen LogP contribution is -2.01. The Balaban J connectivity index is 1.90. The van der Waals surface area contributed by atoms with E-state index in [1.54, 1.807) is 0 Å². The number of rotatable bonds is 1. The van der Waals surface area contributed by atoms with Crippen LogP contribution in [-0.2, 0) is 0 Å². The van der Waals surface area contributed by atoms with Crippen LogP contribution in [0.1, 0.15) is 22.6 Å². The van der Waals surface area contributed by atoms with Gasteiger partial charge in [-0.1, -0.05) is 78.9 Å². The molecule has 4 aromatic carbocycles. The molecule has 0 saturated carbocycles. The van der Waals surface area contributed by atoms with Gasteiger partial charge in [-0.15, -0.1) is 12.6 Å². The van der Waals surface area contributed by atoms with Crippen LogP contribution >= 0.6 is 12.6 Å². The first-order valence-corrected chi connectivity index (χ1v) is 8.68. The molecule has 0 N–H and O–H groups in total. The SMILES string of the molecule is Sc1ccc2ccccc2c1C1c2ccccc2-c2ccccc21. The van der Waals surface area contributed by atoms with Crippen molar-refractivity contribution >= 4 is 23.4 Å². The Morgan fingerprint density at radius 1 is 0.583 bits per heavy atom. The zero-order valence-electron chi connectivity index (χ0n) is 13.1. The van der Waals surface area contributed by atoms with E-state index in [1.807, 2.05) is 0 Å². The van der Waals surface area contributed by atoms with Gasteiger partial charge >= 0.3 is 0 Å². The predicted molar refractivity (Wildman–Crippen MR) is 104 cm³/mol. The molecular formula is C23H16S. The van der Waals surface area contributed by atoms with E-state index < -0.39 is 0 Å². The Bertz CT molecular complexity index is 1030. The highest BCUT2D eigenvalue weighted by Gasteiger charge is 2.31. The van der Waals surface area contributed by atoms with Crippen LogP contribution < -0.4 is 0 Å². The van der Waals surface area contributed by atoms with Gasteiger partial charge in [-0.05, 0) is 44.7 Å². The lowest BCUT2D eigenvalue weighted by atomic mass is 9.86. The number of fused-ring (bicyclic) bond motifs is 4. The first-order valence-electron chi connectivity index (χ1n) is 8.23. The Morgan fingerprint density at radius 2 is 1.17 bits per heavy atom. The molecule has 114 valence electrons. The van der Waals surface area contributed by atoms with Gasteiger partial charge in [-0.3, -0.25) is 0 Å². The van der Waals surface area contributed by atoms with Crippen molar-refractivity contribution in [2.24, 2.45) is 0 Å². The fourth-order valence-electron chi connectivity index (χ4n) is 4.05. The minimum absolute atomic E-state index is 0.246. The molecule has 0 fully saturated rings. The van der Waals surface area contributed by atoms with Gasteiger partial charge in [0, 0.05) is 10.8 Å². The fraction of sp³-hybridized carbons (Fsp3) is 0.0435. The van der Waals surface area contributed by atoms with Gasteiger partial charge in [-0.2, -0.15) is 0 Å². The largest absolute Gasteiger partial charge is 0.143 e. The summed E-state index contributed by atoms with van der Waals surface area (Å²) < 4.78 is 0. The average Bonchev–Trinajstić information content (AvgIpc) is 2.96. The number of benzene rings is 4. The second-order valence-corrected chi connectivity index (χ2v) is 6.81. The molecule has 0 radical (unpaired) electrons. The molecule has 1 heteroatoms. The molecule has 0 heterocycles.